The molecule has 0 N–H and O–H groups in total. The van der Waals surface area contributed by atoms with Crippen LogP contribution in [0.2, 0.25) is 0 Å². The van der Waals surface area contributed by atoms with Gasteiger partial charge in [-0.15, -0.1) is 0 Å². The maximum absolute atomic E-state index is 12.5. The quantitative estimate of drug-likeness (QED) is 0.694. The molecule has 0 atom stereocenters. The molecule has 1 aromatic carbocycles. The second-order valence-electron chi connectivity index (χ2n) is 6.18. The molecule has 0 unspecified atom stereocenters. The van der Waals surface area contributed by atoms with E-state index in [4.69, 9.17) is 9.47 Å². The lowest BCUT2D eigenvalue weighted by molar-refractivity contribution is -0.139. The molecule has 0 aliphatic carbocycles. The van der Waals surface area contributed by atoms with Gasteiger partial charge in [-0.05, 0) is 42.0 Å². The number of benzene rings is 1. The molecule has 144 valence electrons. The minimum absolute atomic E-state index is 0.230. The van der Waals surface area contributed by atoms with Gasteiger partial charge in [-0.2, -0.15) is 0 Å². The second kappa shape index (κ2) is 9.05. The molecule has 2 saturated heterocycles. The first-order valence-electron chi connectivity index (χ1n) is 8.92. The van der Waals surface area contributed by atoms with Gasteiger partial charge in [0.15, 0.2) is 0 Å². The van der Waals surface area contributed by atoms with Crippen molar-refractivity contribution >= 4 is 34.9 Å². The zero-order valence-corrected chi connectivity index (χ0v) is 16.0. The highest BCUT2D eigenvalue weighted by Crippen LogP contribution is 2.32. The van der Waals surface area contributed by atoms with E-state index >= 15 is 0 Å². The third kappa shape index (κ3) is 4.90. The van der Waals surface area contributed by atoms with Crippen molar-refractivity contribution in [3.63, 3.8) is 0 Å². The molecule has 7 nitrogen and oxygen atoms in total. The van der Waals surface area contributed by atoms with Gasteiger partial charge >= 0.3 is 0 Å². The topological polar surface area (TPSA) is 76.2 Å². The lowest BCUT2D eigenvalue weighted by atomic mass is 10.2. The van der Waals surface area contributed by atoms with Crippen molar-refractivity contribution < 1.29 is 23.9 Å². The Bertz CT molecular complexity index is 741. The fraction of sp³-hybridized carbons (Fsp3) is 0.421. The zero-order valence-electron chi connectivity index (χ0n) is 15.2. The minimum atomic E-state index is -0.432. The predicted molar refractivity (Wildman–Crippen MR) is 102 cm³/mol. The summed E-state index contributed by atoms with van der Waals surface area (Å²) in [5.74, 6) is 0.0930. The zero-order chi connectivity index (χ0) is 19.2. The highest BCUT2D eigenvalue weighted by atomic mass is 32.2. The number of nitrogens with zero attached hydrogens (tertiary/aromatic N) is 2. The SMILES string of the molecule is CCCOc1ccc(/C=C2\SC(=O)N(CC(=O)N3CCOCC3)C2=O)cc1. The van der Waals surface area contributed by atoms with Crippen LogP contribution in [0.25, 0.3) is 6.08 Å². The monoisotopic (exact) mass is 390 g/mol. The van der Waals surface area contributed by atoms with Crippen LogP contribution in [0, 0.1) is 0 Å². The van der Waals surface area contributed by atoms with Crippen LogP contribution in [0.4, 0.5) is 4.79 Å². The van der Waals surface area contributed by atoms with Crippen LogP contribution < -0.4 is 4.74 Å². The first-order valence-corrected chi connectivity index (χ1v) is 9.74. The lowest BCUT2D eigenvalue weighted by Gasteiger charge is -2.28. The van der Waals surface area contributed by atoms with Crippen molar-refractivity contribution in [2.75, 3.05) is 39.5 Å². The molecule has 0 radical (unpaired) electrons. The molecule has 0 spiro atoms. The Kier molecular flexibility index (Phi) is 6.52. The Morgan fingerprint density at radius 3 is 2.59 bits per heavy atom. The molecule has 8 heteroatoms. The molecule has 0 aromatic heterocycles. The highest BCUT2D eigenvalue weighted by Gasteiger charge is 2.37. The predicted octanol–water partition coefficient (Wildman–Crippen LogP) is 2.37. The van der Waals surface area contributed by atoms with E-state index in [0.29, 0.717) is 37.8 Å². The van der Waals surface area contributed by atoms with Crippen molar-refractivity contribution in [2.45, 2.75) is 13.3 Å². The third-order valence-electron chi connectivity index (χ3n) is 4.18. The van der Waals surface area contributed by atoms with Crippen molar-refractivity contribution in [3.8, 4) is 5.75 Å². The Balaban J connectivity index is 1.64. The first kappa shape index (κ1) is 19.4. The summed E-state index contributed by atoms with van der Waals surface area (Å²) in [5, 5.41) is -0.421. The average Bonchev–Trinajstić information content (AvgIpc) is 2.95. The number of ether oxygens (including phenoxy) is 2. The number of carbonyl (C=O) groups is 3. The number of imide groups is 1. The fourth-order valence-corrected chi connectivity index (χ4v) is 3.55. The van der Waals surface area contributed by atoms with Crippen LogP contribution in [0.1, 0.15) is 18.9 Å². The van der Waals surface area contributed by atoms with Crippen LogP contribution in [0.15, 0.2) is 29.2 Å². The molecular weight excluding hydrogens is 368 g/mol. The molecule has 0 bridgehead atoms. The normalized spacial score (nSPS) is 19.1. The van der Waals surface area contributed by atoms with E-state index in [9.17, 15) is 14.4 Å². The summed E-state index contributed by atoms with van der Waals surface area (Å²) in [6, 6.07) is 7.32. The lowest BCUT2D eigenvalue weighted by Crippen LogP contribution is -2.46. The van der Waals surface area contributed by atoms with Gasteiger partial charge < -0.3 is 14.4 Å². The van der Waals surface area contributed by atoms with E-state index in [2.05, 4.69) is 0 Å². The summed E-state index contributed by atoms with van der Waals surface area (Å²) in [4.78, 5) is 40.0. The van der Waals surface area contributed by atoms with Crippen LogP contribution in [0.3, 0.4) is 0 Å². The first-order chi connectivity index (χ1) is 13.1. The van der Waals surface area contributed by atoms with E-state index in [0.717, 1.165) is 34.4 Å². The summed E-state index contributed by atoms with van der Waals surface area (Å²) in [7, 11) is 0. The number of thioether (sulfide) groups is 1. The van der Waals surface area contributed by atoms with Crippen molar-refractivity contribution in [3.05, 3.63) is 34.7 Å². The van der Waals surface area contributed by atoms with Crippen molar-refractivity contribution in [1.29, 1.82) is 0 Å². The molecule has 3 rings (SSSR count). The Labute approximate surface area is 162 Å². The van der Waals surface area contributed by atoms with Crippen molar-refractivity contribution in [2.24, 2.45) is 0 Å². The number of rotatable bonds is 6. The molecule has 0 saturated carbocycles. The minimum Gasteiger partial charge on any atom is -0.494 e. The van der Waals surface area contributed by atoms with Gasteiger partial charge in [0.2, 0.25) is 5.91 Å². The Hall–Kier alpha value is -2.32. The molecule has 3 amide bonds. The third-order valence-corrected chi connectivity index (χ3v) is 5.09. The summed E-state index contributed by atoms with van der Waals surface area (Å²) in [6.45, 7) is 4.38. The molecule has 2 fully saturated rings. The summed E-state index contributed by atoms with van der Waals surface area (Å²) >= 11 is 0.855. The number of hydrogen-bond donors (Lipinski definition) is 0. The van der Waals surface area contributed by atoms with Crippen LogP contribution in [-0.2, 0) is 14.3 Å². The van der Waals surface area contributed by atoms with E-state index in [1.54, 1.807) is 11.0 Å². The van der Waals surface area contributed by atoms with Crippen LogP contribution >= 0.6 is 11.8 Å². The van der Waals surface area contributed by atoms with E-state index in [1.165, 1.54) is 0 Å². The van der Waals surface area contributed by atoms with Crippen LogP contribution in [-0.4, -0.2) is 66.3 Å². The molecule has 2 aliphatic rings. The van der Waals surface area contributed by atoms with E-state index in [-0.39, 0.29) is 12.5 Å². The molecular formula is C19H22N2O5S. The van der Waals surface area contributed by atoms with Crippen LogP contribution in [0.5, 0.6) is 5.75 Å². The maximum atomic E-state index is 12.5. The average molecular weight is 390 g/mol. The molecule has 2 heterocycles. The summed E-state index contributed by atoms with van der Waals surface area (Å²) in [5.41, 5.74) is 0.795. The van der Waals surface area contributed by atoms with Gasteiger partial charge in [-0.3, -0.25) is 19.3 Å². The highest BCUT2D eigenvalue weighted by molar-refractivity contribution is 8.18. The van der Waals surface area contributed by atoms with Crippen molar-refractivity contribution in [1.82, 2.24) is 9.80 Å². The largest absolute Gasteiger partial charge is 0.494 e. The van der Waals surface area contributed by atoms with Gasteiger partial charge in [0.05, 0.1) is 24.7 Å². The second-order valence-corrected chi connectivity index (χ2v) is 7.17. The summed E-state index contributed by atoms with van der Waals surface area (Å²) in [6.07, 6.45) is 2.59. The molecule has 27 heavy (non-hydrogen) atoms. The number of morpholine rings is 1. The smallest absolute Gasteiger partial charge is 0.294 e. The van der Waals surface area contributed by atoms with E-state index in [1.807, 2.05) is 31.2 Å². The maximum Gasteiger partial charge on any atom is 0.294 e. The molecule has 2 aliphatic heterocycles. The number of carbonyl (C=O) groups excluding carboxylic acids is 3. The number of hydrogen-bond acceptors (Lipinski definition) is 6. The van der Waals surface area contributed by atoms with Gasteiger partial charge in [-0.1, -0.05) is 19.1 Å². The van der Waals surface area contributed by atoms with Gasteiger partial charge in [-0.25, -0.2) is 0 Å². The van der Waals surface area contributed by atoms with Gasteiger partial charge in [0.1, 0.15) is 12.3 Å². The molecule has 1 aromatic rings. The van der Waals surface area contributed by atoms with Gasteiger partial charge in [0, 0.05) is 13.1 Å². The Morgan fingerprint density at radius 2 is 1.93 bits per heavy atom. The number of amides is 3. The fourth-order valence-electron chi connectivity index (χ4n) is 2.72. The van der Waals surface area contributed by atoms with Gasteiger partial charge in [0.25, 0.3) is 11.1 Å². The Morgan fingerprint density at radius 1 is 1.22 bits per heavy atom. The van der Waals surface area contributed by atoms with E-state index < -0.39 is 11.1 Å². The summed E-state index contributed by atoms with van der Waals surface area (Å²) < 4.78 is 10.7. The standard InChI is InChI=1S/C19H22N2O5S/c1-2-9-26-15-5-3-14(4-6-15)12-16-18(23)21(19(24)27-16)13-17(22)20-7-10-25-11-8-20/h3-6,12H,2,7-11,13H2,1H3/b16-12-.